The minimum Gasteiger partial charge on any atom is -0.481 e. The summed E-state index contributed by atoms with van der Waals surface area (Å²) in [7, 11) is 0. The standard InChI is InChI=1S/C13H24N2O3/c1-9(2)11(14)12(18)15-13(8-10(16)17)6-4-3-5-7-13/h9,11H,3-8,14H2,1-2H3,(H,15,18)(H,16,17)/t11-/m0/s1. The molecule has 0 aromatic heterocycles. The van der Waals surface area contributed by atoms with Crippen molar-refractivity contribution in [3.8, 4) is 0 Å². The van der Waals surface area contributed by atoms with Crippen molar-refractivity contribution >= 4 is 11.9 Å². The van der Waals surface area contributed by atoms with Gasteiger partial charge in [-0.15, -0.1) is 0 Å². The zero-order valence-electron chi connectivity index (χ0n) is 11.2. The van der Waals surface area contributed by atoms with Gasteiger partial charge in [0, 0.05) is 0 Å². The lowest BCUT2D eigenvalue weighted by Gasteiger charge is -2.38. The van der Waals surface area contributed by atoms with E-state index in [-0.39, 0.29) is 18.2 Å². The maximum absolute atomic E-state index is 12.0. The van der Waals surface area contributed by atoms with Gasteiger partial charge in [0.2, 0.25) is 5.91 Å². The molecule has 0 unspecified atom stereocenters. The van der Waals surface area contributed by atoms with E-state index < -0.39 is 17.6 Å². The van der Waals surface area contributed by atoms with Gasteiger partial charge in [0.25, 0.3) is 0 Å². The Bertz CT molecular complexity index is 309. The summed E-state index contributed by atoms with van der Waals surface area (Å²) in [6.45, 7) is 3.77. The molecule has 1 amide bonds. The summed E-state index contributed by atoms with van der Waals surface area (Å²) >= 11 is 0. The first-order chi connectivity index (χ1) is 8.36. The maximum Gasteiger partial charge on any atom is 0.305 e. The van der Waals surface area contributed by atoms with Crippen LogP contribution in [0.15, 0.2) is 0 Å². The van der Waals surface area contributed by atoms with Crippen LogP contribution >= 0.6 is 0 Å². The molecule has 4 N–H and O–H groups in total. The Balaban J connectivity index is 2.72. The van der Waals surface area contributed by atoms with Crippen molar-refractivity contribution in [3.05, 3.63) is 0 Å². The summed E-state index contributed by atoms with van der Waals surface area (Å²) in [6, 6.07) is -0.572. The molecular weight excluding hydrogens is 232 g/mol. The third-order valence-corrected chi connectivity index (χ3v) is 3.71. The molecule has 0 heterocycles. The fourth-order valence-electron chi connectivity index (χ4n) is 2.51. The number of rotatable bonds is 5. The van der Waals surface area contributed by atoms with E-state index in [2.05, 4.69) is 5.32 Å². The topological polar surface area (TPSA) is 92.4 Å². The van der Waals surface area contributed by atoms with Crippen LogP contribution in [0.4, 0.5) is 0 Å². The second kappa shape index (κ2) is 6.18. The summed E-state index contributed by atoms with van der Waals surface area (Å²) in [4.78, 5) is 23.0. The molecule has 1 atom stereocenters. The van der Waals surface area contributed by atoms with E-state index in [1.165, 1.54) is 0 Å². The van der Waals surface area contributed by atoms with Gasteiger partial charge in [0.15, 0.2) is 0 Å². The summed E-state index contributed by atoms with van der Waals surface area (Å²) in [5.74, 6) is -1.04. The molecule has 0 radical (unpaired) electrons. The van der Waals surface area contributed by atoms with Crippen LogP contribution in [0.3, 0.4) is 0 Å². The molecular formula is C13H24N2O3. The lowest BCUT2D eigenvalue weighted by molar-refractivity contribution is -0.139. The predicted octanol–water partition coefficient (Wildman–Crippen LogP) is 1.26. The molecule has 1 aliphatic rings. The second-order valence-electron chi connectivity index (χ2n) is 5.67. The number of carbonyl (C=O) groups excluding carboxylic acids is 1. The summed E-state index contributed by atoms with van der Waals surface area (Å²) < 4.78 is 0. The van der Waals surface area contributed by atoms with Crippen molar-refractivity contribution in [1.29, 1.82) is 0 Å². The SMILES string of the molecule is CC(C)[C@H](N)C(=O)NC1(CC(=O)O)CCCCC1. The van der Waals surface area contributed by atoms with Gasteiger partial charge in [-0.05, 0) is 18.8 Å². The third kappa shape index (κ3) is 3.98. The van der Waals surface area contributed by atoms with E-state index in [9.17, 15) is 9.59 Å². The van der Waals surface area contributed by atoms with Gasteiger partial charge in [0.1, 0.15) is 0 Å². The van der Waals surface area contributed by atoms with Gasteiger partial charge >= 0.3 is 5.97 Å². The first-order valence-electron chi connectivity index (χ1n) is 6.66. The van der Waals surface area contributed by atoms with Gasteiger partial charge in [-0.3, -0.25) is 9.59 Å². The van der Waals surface area contributed by atoms with Crippen molar-refractivity contribution in [2.24, 2.45) is 11.7 Å². The number of carboxylic acid groups (broad SMARTS) is 1. The number of aliphatic carboxylic acids is 1. The van der Waals surface area contributed by atoms with E-state index in [1.807, 2.05) is 13.8 Å². The Morgan fingerprint density at radius 3 is 2.28 bits per heavy atom. The fourth-order valence-corrected chi connectivity index (χ4v) is 2.51. The fraction of sp³-hybridized carbons (Fsp3) is 0.846. The Labute approximate surface area is 108 Å². The summed E-state index contributed by atoms with van der Waals surface area (Å²) in [5.41, 5.74) is 5.22. The van der Waals surface area contributed by atoms with Gasteiger partial charge in [-0.1, -0.05) is 33.1 Å². The van der Waals surface area contributed by atoms with Gasteiger partial charge in [-0.2, -0.15) is 0 Å². The van der Waals surface area contributed by atoms with Crippen LogP contribution in [-0.2, 0) is 9.59 Å². The zero-order chi connectivity index (χ0) is 13.8. The molecule has 0 bridgehead atoms. The Kier molecular flexibility index (Phi) is 5.14. The average molecular weight is 256 g/mol. The average Bonchev–Trinajstić information content (AvgIpc) is 2.27. The highest BCUT2D eigenvalue weighted by atomic mass is 16.4. The number of amides is 1. The monoisotopic (exact) mass is 256 g/mol. The Morgan fingerprint density at radius 2 is 1.83 bits per heavy atom. The molecule has 1 fully saturated rings. The molecule has 104 valence electrons. The maximum atomic E-state index is 12.0. The smallest absolute Gasteiger partial charge is 0.305 e. The van der Waals surface area contributed by atoms with Crippen LogP contribution in [-0.4, -0.2) is 28.6 Å². The van der Waals surface area contributed by atoms with Crippen LogP contribution in [0.25, 0.3) is 0 Å². The first kappa shape index (κ1) is 15.0. The quantitative estimate of drug-likeness (QED) is 0.690. The van der Waals surface area contributed by atoms with Crippen LogP contribution in [0, 0.1) is 5.92 Å². The van der Waals surface area contributed by atoms with E-state index >= 15 is 0 Å². The Morgan fingerprint density at radius 1 is 1.28 bits per heavy atom. The van der Waals surface area contributed by atoms with Gasteiger partial charge in [-0.25, -0.2) is 0 Å². The highest BCUT2D eigenvalue weighted by Gasteiger charge is 2.37. The largest absolute Gasteiger partial charge is 0.481 e. The summed E-state index contributed by atoms with van der Waals surface area (Å²) in [5, 5.41) is 11.9. The van der Waals surface area contributed by atoms with E-state index in [4.69, 9.17) is 10.8 Å². The zero-order valence-corrected chi connectivity index (χ0v) is 11.2. The van der Waals surface area contributed by atoms with Crippen LogP contribution < -0.4 is 11.1 Å². The second-order valence-corrected chi connectivity index (χ2v) is 5.67. The molecule has 5 heteroatoms. The van der Waals surface area contributed by atoms with Crippen molar-refractivity contribution < 1.29 is 14.7 Å². The van der Waals surface area contributed by atoms with Crippen LogP contribution in [0.1, 0.15) is 52.4 Å². The summed E-state index contributed by atoms with van der Waals surface area (Å²) in [6.07, 6.45) is 4.48. The van der Waals surface area contributed by atoms with Crippen molar-refractivity contribution in [2.75, 3.05) is 0 Å². The van der Waals surface area contributed by atoms with Crippen molar-refractivity contribution in [2.45, 2.75) is 64.0 Å². The van der Waals surface area contributed by atoms with Crippen molar-refractivity contribution in [3.63, 3.8) is 0 Å². The molecule has 0 spiro atoms. The number of carbonyl (C=O) groups is 2. The van der Waals surface area contributed by atoms with E-state index in [0.29, 0.717) is 0 Å². The highest BCUT2D eigenvalue weighted by Crippen LogP contribution is 2.31. The highest BCUT2D eigenvalue weighted by molar-refractivity contribution is 5.83. The lowest BCUT2D eigenvalue weighted by atomic mass is 9.79. The number of nitrogens with one attached hydrogen (secondary N) is 1. The van der Waals surface area contributed by atoms with Crippen LogP contribution in [0.2, 0.25) is 0 Å². The van der Waals surface area contributed by atoms with Crippen LogP contribution in [0.5, 0.6) is 0 Å². The van der Waals surface area contributed by atoms with Gasteiger partial charge < -0.3 is 16.2 Å². The predicted molar refractivity (Wildman–Crippen MR) is 69.0 cm³/mol. The molecule has 1 aliphatic carbocycles. The Hall–Kier alpha value is -1.10. The molecule has 0 aliphatic heterocycles. The molecule has 1 rings (SSSR count). The van der Waals surface area contributed by atoms with E-state index in [0.717, 1.165) is 32.1 Å². The molecule has 5 nitrogen and oxygen atoms in total. The molecule has 0 aromatic carbocycles. The third-order valence-electron chi connectivity index (χ3n) is 3.71. The lowest BCUT2D eigenvalue weighted by Crippen LogP contribution is -2.56. The normalized spacial score (nSPS) is 20.4. The number of nitrogens with two attached hydrogens (primary N) is 1. The van der Waals surface area contributed by atoms with E-state index in [1.54, 1.807) is 0 Å². The minimum atomic E-state index is -0.865. The molecule has 1 saturated carbocycles. The molecule has 0 saturated heterocycles. The number of hydrogen-bond donors (Lipinski definition) is 3. The number of hydrogen-bond acceptors (Lipinski definition) is 3. The molecule has 0 aromatic rings. The van der Waals surface area contributed by atoms with Gasteiger partial charge in [0.05, 0.1) is 18.0 Å². The molecule has 18 heavy (non-hydrogen) atoms. The van der Waals surface area contributed by atoms with Crippen molar-refractivity contribution in [1.82, 2.24) is 5.32 Å². The number of carboxylic acids is 1. The minimum absolute atomic E-state index is 0.0104. The first-order valence-corrected chi connectivity index (χ1v) is 6.66.